The standard InChI is InChI=1S/C18H26ClN5O.HI/c1-6-20-17(24(5)12-13-8-7-9-14(19)10-13)21-11-15-22-16(25-23-15)18(2,3)4;/h7-10H,6,11-12H2,1-5H3,(H,20,21);1H. The van der Waals surface area contributed by atoms with Gasteiger partial charge in [-0.25, -0.2) is 4.99 Å². The summed E-state index contributed by atoms with van der Waals surface area (Å²) in [5.41, 5.74) is 0.957. The Balaban J connectivity index is 0.00000338. The highest BCUT2D eigenvalue weighted by Gasteiger charge is 2.21. The Kier molecular flexibility index (Phi) is 8.82. The number of aromatic nitrogens is 2. The number of rotatable bonds is 5. The van der Waals surface area contributed by atoms with E-state index in [1.807, 2.05) is 63.9 Å². The largest absolute Gasteiger partial charge is 0.357 e. The van der Waals surface area contributed by atoms with Crippen LogP contribution in [0.25, 0.3) is 0 Å². The minimum Gasteiger partial charge on any atom is -0.357 e. The molecule has 0 bridgehead atoms. The van der Waals surface area contributed by atoms with E-state index in [4.69, 9.17) is 16.1 Å². The Bertz CT molecular complexity index is 726. The summed E-state index contributed by atoms with van der Waals surface area (Å²) < 4.78 is 5.31. The first-order valence-electron chi connectivity index (χ1n) is 8.36. The minimum absolute atomic E-state index is 0. The van der Waals surface area contributed by atoms with Crippen molar-refractivity contribution in [3.8, 4) is 0 Å². The van der Waals surface area contributed by atoms with E-state index in [1.54, 1.807) is 0 Å². The molecule has 0 saturated heterocycles. The molecule has 6 nitrogen and oxygen atoms in total. The van der Waals surface area contributed by atoms with Crippen molar-refractivity contribution in [3.63, 3.8) is 0 Å². The Morgan fingerprint density at radius 2 is 2.08 bits per heavy atom. The number of hydrogen-bond donors (Lipinski definition) is 1. The molecular weight excluding hydrogens is 465 g/mol. The number of nitrogens with one attached hydrogen (secondary N) is 1. The zero-order chi connectivity index (χ0) is 18.4. The van der Waals surface area contributed by atoms with Crippen LogP contribution in [0.4, 0.5) is 0 Å². The van der Waals surface area contributed by atoms with Crippen molar-refractivity contribution in [1.82, 2.24) is 20.4 Å². The van der Waals surface area contributed by atoms with Crippen LogP contribution in [0, 0.1) is 0 Å². The van der Waals surface area contributed by atoms with Gasteiger partial charge in [0.1, 0.15) is 6.54 Å². The van der Waals surface area contributed by atoms with Crippen LogP contribution >= 0.6 is 35.6 Å². The molecule has 0 unspecified atom stereocenters. The van der Waals surface area contributed by atoms with Crippen molar-refractivity contribution >= 4 is 41.5 Å². The normalized spacial score (nSPS) is 11.8. The second-order valence-electron chi connectivity index (χ2n) is 6.92. The summed E-state index contributed by atoms with van der Waals surface area (Å²) in [5, 5.41) is 8.02. The molecule has 0 fully saturated rings. The van der Waals surface area contributed by atoms with Crippen LogP contribution in [-0.2, 0) is 18.5 Å². The van der Waals surface area contributed by atoms with Crippen LogP contribution in [0.5, 0.6) is 0 Å². The maximum atomic E-state index is 6.06. The number of guanidine groups is 1. The molecule has 1 N–H and O–H groups in total. The van der Waals surface area contributed by atoms with Gasteiger partial charge in [-0.05, 0) is 24.6 Å². The Hall–Kier alpha value is -1.35. The van der Waals surface area contributed by atoms with Crippen LogP contribution in [0.3, 0.4) is 0 Å². The van der Waals surface area contributed by atoms with Crippen LogP contribution in [0.1, 0.15) is 45.0 Å². The second-order valence-corrected chi connectivity index (χ2v) is 7.36. The molecule has 2 aromatic rings. The SMILES string of the molecule is CCNC(=NCc1noc(C(C)(C)C)n1)N(C)Cc1cccc(Cl)c1.I. The first kappa shape index (κ1) is 22.7. The molecular formula is C18H27ClIN5O. The monoisotopic (exact) mass is 491 g/mol. The molecule has 0 spiro atoms. The molecule has 1 aromatic carbocycles. The quantitative estimate of drug-likeness (QED) is 0.385. The van der Waals surface area contributed by atoms with Gasteiger partial charge in [0.15, 0.2) is 11.8 Å². The first-order valence-corrected chi connectivity index (χ1v) is 8.74. The Morgan fingerprint density at radius 3 is 2.65 bits per heavy atom. The molecule has 0 radical (unpaired) electrons. The van der Waals surface area contributed by atoms with Crippen molar-refractivity contribution < 1.29 is 4.52 Å². The highest BCUT2D eigenvalue weighted by molar-refractivity contribution is 14.0. The number of hydrogen-bond acceptors (Lipinski definition) is 4. The average Bonchev–Trinajstić information content (AvgIpc) is 3.00. The van der Waals surface area contributed by atoms with E-state index in [9.17, 15) is 0 Å². The van der Waals surface area contributed by atoms with Crippen molar-refractivity contribution in [2.45, 2.75) is 46.2 Å². The molecule has 0 aliphatic heterocycles. The number of benzene rings is 1. The lowest BCUT2D eigenvalue weighted by molar-refractivity contribution is 0.318. The molecule has 8 heteroatoms. The topological polar surface area (TPSA) is 66.5 Å². The van der Waals surface area contributed by atoms with Gasteiger partial charge < -0.3 is 14.7 Å². The van der Waals surface area contributed by atoms with Gasteiger partial charge in [0.25, 0.3) is 0 Å². The molecule has 0 amide bonds. The molecule has 0 atom stereocenters. The van der Waals surface area contributed by atoms with Gasteiger partial charge in [0, 0.05) is 30.6 Å². The van der Waals surface area contributed by atoms with Gasteiger partial charge in [-0.15, -0.1) is 24.0 Å². The van der Waals surface area contributed by atoms with Gasteiger partial charge in [0.05, 0.1) is 0 Å². The smallest absolute Gasteiger partial charge is 0.232 e. The summed E-state index contributed by atoms with van der Waals surface area (Å²) in [4.78, 5) is 11.1. The molecule has 0 saturated carbocycles. The van der Waals surface area contributed by atoms with Gasteiger partial charge in [0.2, 0.25) is 5.89 Å². The van der Waals surface area contributed by atoms with Gasteiger partial charge in [-0.3, -0.25) is 0 Å². The molecule has 0 aliphatic carbocycles. The summed E-state index contributed by atoms with van der Waals surface area (Å²) in [7, 11) is 1.99. The maximum Gasteiger partial charge on any atom is 0.232 e. The third kappa shape index (κ3) is 6.75. The van der Waals surface area contributed by atoms with Crippen molar-refractivity contribution in [2.24, 2.45) is 4.99 Å². The van der Waals surface area contributed by atoms with E-state index in [1.165, 1.54) is 0 Å². The van der Waals surface area contributed by atoms with E-state index < -0.39 is 0 Å². The summed E-state index contributed by atoms with van der Waals surface area (Å²) in [6.45, 7) is 9.99. The predicted octanol–water partition coefficient (Wildman–Crippen LogP) is 4.24. The van der Waals surface area contributed by atoms with Crippen LogP contribution in [-0.4, -0.2) is 34.6 Å². The van der Waals surface area contributed by atoms with E-state index in [0.717, 1.165) is 23.1 Å². The Labute approximate surface area is 177 Å². The summed E-state index contributed by atoms with van der Waals surface area (Å²) in [6, 6.07) is 7.81. The van der Waals surface area contributed by atoms with Crippen LogP contribution in [0.2, 0.25) is 5.02 Å². The zero-order valence-corrected chi connectivity index (χ0v) is 19.0. The van der Waals surface area contributed by atoms with E-state index in [-0.39, 0.29) is 29.4 Å². The van der Waals surface area contributed by atoms with Gasteiger partial charge in [-0.2, -0.15) is 4.98 Å². The molecule has 2 rings (SSSR count). The summed E-state index contributed by atoms with van der Waals surface area (Å²) >= 11 is 6.06. The molecule has 1 heterocycles. The summed E-state index contributed by atoms with van der Waals surface area (Å²) in [6.07, 6.45) is 0. The number of nitrogens with zero attached hydrogens (tertiary/aromatic N) is 4. The average molecular weight is 492 g/mol. The van der Waals surface area contributed by atoms with E-state index in [2.05, 4.69) is 20.4 Å². The molecule has 1 aromatic heterocycles. The zero-order valence-electron chi connectivity index (χ0n) is 15.9. The van der Waals surface area contributed by atoms with Crippen molar-refractivity contribution in [2.75, 3.05) is 13.6 Å². The minimum atomic E-state index is -0.164. The van der Waals surface area contributed by atoms with Gasteiger partial charge >= 0.3 is 0 Å². The predicted molar refractivity (Wildman–Crippen MR) is 116 cm³/mol. The van der Waals surface area contributed by atoms with Crippen molar-refractivity contribution in [3.05, 3.63) is 46.6 Å². The van der Waals surface area contributed by atoms with Crippen molar-refractivity contribution in [1.29, 1.82) is 0 Å². The van der Waals surface area contributed by atoms with Crippen LogP contribution in [0.15, 0.2) is 33.8 Å². The third-order valence-electron chi connectivity index (χ3n) is 3.49. The highest BCUT2D eigenvalue weighted by Crippen LogP contribution is 2.19. The summed E-state index contributed by atoms with van der Waals surface area (Å²) in [5.74, 6) is 1.98. The number of aliphatic imine (C=N–C) groups is 1. The first-order chi connectivity index (χ1) is 11.8. The fourth-order valence-corrected chi connectivity index (χ4v) is 2.44. The lowest BCUT2D eigenvalue weighted by atomic mass is 9.97. The molecule has 26 heavy (non-hydrogen) atoms. The lowest BCUT2D eigenvalue weighted by Gasteiger charge is -2.22. The van der Waals surface area contributed by atoms with Gasteiger partial charge in [-0.1, -0.05) is 49.7 Å². The fourth-order valence-electron chi connectivity index (χ4n) is 2.22. The second kappa shape index (κ2) is 10.1. The molecule has 0 aliphatic rings. The third-order valence-corrected chi connectivity index (χ3v) is 3.72. The highest BCUT2D eigenvalue weighted by atomic mass is 127. The Morgan fingerprint density at radius 1 is 1.35 bits per heavy atom. The molecule has 144 valence electrons. The fraction of sp³-hybridized carbons (Fsp3) is 0.500. The lowest BCUT2D eigenvalue weighted by Crippen LogP contribution is -2.38. The maximum absolute atomic E-state index is 6.06. The number of halogens is 2. The van der Waals surface area contributed by atoms with E-state index >= 15 is 0 Å². The van der Waals surface area contributed by atoms with Crippen LogP contribution < -0.4 is 5.32 Å². The van der Waals surface area contributed by atoms with E-state index in [0.29, 0.717) is 24.8 Å².